The number of para-hydroxylation sites is 1. The van der Waals surface area contributed by atoms with Crippen LogP contribution in [-0.2, 0) is 4.79 Å². The predicted octanol–water partition coefficient (Wildman–Crippen LogP) is 1.82. The van der Waals surface area contributed by atoms with Crippen molar-refractivity contribution in [1.29, 1.82) is 0 Å². The lowest BCUT2D eigenvalue weighted by molar-refractivity contribution is -0.137. The number of hydrogen-bond acceptors (Lipinski definition) is 3. The van der Waals surface area contributed by atoms with E-state index in [0.717, 1.165) is 52.1 Å². The lowest BCUT2D eigenvalue weighted by atomic mass is 9.94. The van der Waals surface area contributed by atoms with Crippen LogP contribution >= 0.6 is 0 Å². The van der Waals surface area contributed by atoms with Crippen molar-refractivity contribution in [1.82, 2.24) is 9.80 Å². The Balaban J connectivity index is 1.55. The molecule has 0 atom stereocenters. The minimum atomic E-state index is -0.175. The molecular formula is C17H24FN3O. The van der Waals surface area contributed by atoms with E-state index in [9.17, 15) is 9.18 Å². The second-order valence-electron chi connectivity index (χ2n) is 6.34. The Kier molecular flexibility index (Phi) is 4.62. The number of carbonyl (C=O) groups is 1. The number of hydrogen-bond donors (Lipinski definition) is 0. The maximum absolute atomic E-state index is 13.8. The summed E-state index contributed by atoms with van der Waals surface area (Å²) in [7, 11) is 2.09. The van der Waals surface area contributed by atoms with Crippen LogP contribution in [0, 0.1) is 11.7 Å². The van der Waals surface area contributed by atoms with Gasteiger partial charge in [-0.25, -0.2) is 4.39 Å². The summed E-state index contributed by atoms with van der Waals surface area (Å²) in [4.78, 5) is 18.9. The van der Waals surface area contributed by atoms with Gasteiger partial charge in [0.05, 0.1) is 5.69 Å². The van der Waals surface area contributed by atoms with Crippen LogP contribution in [0.4, 0.5) is 10.1 Å². The Morgan fingerprint density at radius 1 is 1.05 bits per heavy atom. The van der Waals surface area contributed by atoms with E-state index >= 15 is 0 Å². The fourth-order valence-electron chi connectivity index (χ4n) is 3.36. The van der Waals surface area contributed by atoms with Crippen LogP contribution in [0.2, 0.25) is 0 Å². The zero-order valence-electron chi connectivity index (χ0n) is 13.2. The van der Waals surface area contributed by atoms with Crippen LogP contribution < -0.4 is 4.90 Å². The minimum Gasteiger partial charge on any atom is -0.369 e. The molecule has 2 aliphatic heterocycles. The van der Waals surface area contributed by atoms with E-state index in [1.807, 2.05) is 17.0 Å². The van der Waals surface area contributed by atoms with E-state index in [1.54, 1.807) is 6.07 Å². The van der Waals surface area contributed by atoms with Crippen molar-refractivity contribution in [3.8, 4) is 0 Å². The molecule has 3 rings (SSSR count). The van der Waals surface area contributed by atoms with Gasteiger partial charge in [-0.15, -0.1) is 0 Å². The third-order valence-electron chi connectivity index (χ3n) is 4.85. The van der Waals surface area contributed by atoms with Gasteiger partial charge < -0.3 is 14.7 Å². The zero-order valence-corrected chi connectivity index (χ0v) is 13.2. The first-order valence-corrected chi connectivity index (χ1v) is 8.12. The van der Waals surface area contributed by atoms with E-state index in [0.29, 0.717) is 11.6 Å². The second kappa shape index (κ2) is 6.65. The van der Waals surface area contributed by atoms with Crippen molar-refractivity contribution in [2.24, 2.45) is 5.92 Å². The van der Waals surface area contributed by atoms with Gasteiger partial charge >= 0.3 is 0 Å². The number of piperidine rings is 1. The summed E-state index contributed by atoms with van der Waals surface area (Å²) in [5, 5.41) is 0. The van der Waals surface area contributed by atoms with E-state index in [-0.39, 0.29) is 11.7 Å². The van der Waals surface area contributed by atoms with Crippen molar-refractivity contribution in [2.45, 2.75) is 12.8 Å². The van der Waals surface area contributed by atoms with Gasteiger partial charge in [0.25, 0.3) is 0 Å². The van der Waals surface area contributed by atoms with Gasteiger partial charge in [0.1, 0.15) is 5.82 Å². The largest absolute Gasteiger partial charge is 0.369 e. The van der Waals surface area contributed by atoms with Gasteiger partial charge in [-0.1, -0.05) is 12.1 Å². The van der Waals surface area contributed by atoms with Crippen LogP contribution in [0.25, 0.3) is 0 Å². The smallest absolute Gasteiger partial charge is 0.225 e. The highest BCUT2D eigenvalue weighted by Crippen LogP contribution is 2.26. The average molecular weight is 305 g/mol. The molecule has 2 fully saturated rings. The summed E-state index contributed by atoms with van der Waals surface area (Å²) < 4.78 is 13.8. The van der Waals surface area contributed by atoms with Crippen LogP contribution in [0.1, 0.15) is 12.8 Å². The summed E-state index contributed by atoms with van der Waals surface area (Å²) in [6.07, 6.45) is 1.64. The summed E-state index contributed by atoms with van der Waals surface area (Å²) in [6, 6.07) is 6.89. The molecule has 2 aliphatic rings. The SMILES string of the molecule is CN1CCN(C(=O)C2CCN(c3ccccc3F)CC2)CC1. The Morgan fingerprint density at radius 2 is 1.68 bits per heavy atom. The molecule has 2 saturated heterocycles. The molecule has 120 valence electrons. The zero-order chi connectivity index (χ0) is 15.5. The fourth-order valence-corrected chi connectivity index (χ4v) is 3.36. The number of piperazine rings is 1. The van der Waals surface area contributed by atoms with Gasteiger partial charge in [0.15, 0.2) is 0 Å². The highest BCUT2D eigenvalue weighted by atomic mass is 19.1. The van der Waals surface area contributed by atoms with Gasteiger partial charge in [0, 0.05) is 45.2 Å². The molecule has 1 aromatic rings. The molecule has 0 unspecified atom stereocenters. The molecule has 0 aliphatic carbocycles. The van der Waals surface area contributed by atoms with Gasteiger partial charge in [0.2, 0.25) is 5.91 Å². The van der Waals surface area contributed by atoms with Crippen molar-refractivity contribution in [3.05, 3.63) is 30.1 Å². The van der Waals surface area contributed by atoms with Gasteiger partial charge in [-0.05, 0) is 32.0 Å². The molecule has 2 heterocycles. The van der Waals surface area contributed by atoms with Crippen LogP contribution in [0.15, 0.2) is 24.3 Å². The van der Waals surface area contributed by atoms with Crippen LogP contribution in [0.5, 0.6) is 0 Å². The fraction of sp³-hybridized carbons (Fsp3) is 0.588. The number of likely N-dealkylation sites (N-methyl/N-ethyl adjacent to an activating group) is 1. The lowest BCUT2D eigenvalue weighted by Gasteiger charge is -2.38. The Labute approximate surface area is 131 Å². The quantitative estimate of drug-likeness (QED) is 0.834. The topological polar surface area (TPSA) is 26.8 Å². The Hall–Kier alpha value is -1.62. The van der Waals surface area contributed by atoms with Gasteiger partial charge in [-0.2, -0.15) is 0 Å². The number of nitrogens with zero attached hydrogens (tertiary/aromatic N) is 3. The minimum absolute atomic E-state index is 0.103. The lowest BCUT2D eigenvalue weighted by Crippen LogP contribution is -2.50. The molecule has 5 heteroatoms. The molecule has 1 amide bonds. The molecule has 0 spiro atoms. The number of amides is 1. The van der Waals surface area contributed by atoms with Crippen molar-refractivity contribution in [2.75, 3.05) is 51.2 Å². The molecule has 0 saturated carbocycles. The maximum Gasteiger partial charge on any atom is 0.225 e. The second-order valence-corrected chi connectivity index (χ2v) is 6.34. The molecule has 22 heavy (non-hydrogen) atoms. The number of benzene rings is 1. The highest BCUT2D eigenvalue weighted by Gasteiger charge is 2.30. The van der Waals surface area contributed by atoms with E-state index < -0.39 is 0 Å². The molecule has 1 aromatic carbocycles. The normalized spacial score (nSPS) is 21.2. The summed E-state index contributed by atoms with van der Waals surface area (Å²) in [6.45, 7) is 5.10. The number of carbonyl (C=O) groups excluding carboxylic acids is 1. The molecule has 0 bridgehead atoms. The van der Waals surface area contributed by atoms with E-state index in [1.165, 1.54) is 6.07 Å². The summed E-state index contributed by atoms with van der Waals surface area (Å²) >= 11 is 0. The molecule has 0 aromatic heterocycles. The molecule has 4 nitrogen and oxygen atoms in total. The van der Waals surface area contributed by atoms with Crippen molar-refractivity contribution < 1.29 is 9.18 Å². The first-order valence-electron chi connectivity index (χ1n) is 8.12. The van der Waals surface area contributed by atoms with Crippen LogP contribution in [0.3, 0.4) is 0 Å². The third-order valence-corrected chi connectivity index (χ3v) is 4.85. The van der Waals surface area contributed by atoms with E-state index in [4.69, 9.17) is 0 Å². The Bertz CT molecular complexity index is 520. The van der Waals surface area contributed by atoms with Crippen LogP contribution in [-0.4, -0.2) is 62.0 Å². The summed E-state index contributed by atoms with van der Waals surface area (Å²) in [5.41, 5.74) is 0.660. The molecule has 0 N–H and O–H groups in total. The van der Waals surface area contributed by atoms with Crippen molar-refractivity contribution >= 4 is 11.6 Å². The standard InChI is InChI=1S/C17H24FN3O/c1-19-10-12-21(13-11-19)17(22)14-6-8-20(9-7-14)16-5-3-2-4-15(16)18/h2-5,14H,6-13H2,1H3. The van der Waals surface area contributed by atoms with Gasteiger partial charge in [-0.3, -0.25) is 4.79 Å². The Morgan fingerprint density at radius 3 is 2.32 bits per heavy atom. The molecular weight excluding hydrogens is 281 g/mol. The highest BCUT2D eigenvalue weighted by molar-refractivity contribution is 5.79. The number of rotatable bonds is 2. The maximum atomic E-state index is 13.8. The number of anilines is 1. The average Bonchev–Trinajstić information content (AvgIpc) is 2.56. The third kappa shape index (κ3) is 3.24. The summed E-state index contributed by atoms with van der Waals surface area (Å²) in [5.74, 6) is 0.221. The first-order chi connectivity index (χ1) is 10.6. The first kappa shape index (κ1) is 15.3. The van der Waals surface area contributed by atoms with E-state index in [2.05, 4.69) is 16.8 Å². The van der Waals surface area contributed by atoms with Crippen molar-refractivity contribution in [3.63, 3.8) is 0 Å². The molecule has 0 radical (unpaired) electrons. The monoisotopic (exact) mass is 305 g/mol. The predicted molar refractivity (Wildman–Crippen MR) is 85.4 cm³/mol. The number of halogens is 1.